The minimum Gasteiger partial charge on any atom is -0.352 e. The van der Waals surface area contributed by atoms with E-state index in [0.717, 1.165) is 57.8 Å². The fourth-order valence-electron chi connectivity index (χ4n) is 2.64. The van der Waals surface area contributed by atoms with Crippen molar-refractivity contribution in [3.8, 4) is 0 Å². The Morgan fingerprint density at radius 3 is 2.82 bits per heavy atom. The van der Waals surface area contributed by atoms with Crippen LogP contribution in [0.1, 0.15) is 22.3 Å². The van der Waals surface area contributed by atoms with E-state index >= 15 is 0 Å². The van der Waals surface area contributed by atoms with Gasteiger partial charge in [0.2, 0.25) is 0 Å². The van der Waals surface area contributed by atoms with Crippen LogP contribution in [-0.2, 0) is 6.54 Å². The van der Waals surface area contributed by atoms with E-state index in [9.17, 15) is 4.79 Å². The lowest BCUT2D eigenvalue weighted by molar-refractivity contribution is 0.0952. The molecule has 122 valence electrons. The Morgan fingerprint density at radius 1 is 1.32 bits per heavy atom. The van der Waals surface area contributed by atoms with Gasteiger partial charge in [-0.25, -0.2) is 0 Å². The minimum atomic E-state index is 0.0286. The number of carbonyl (C=O) groups is 1. The second-order valence-electron chi connectivity index (χ2n) is 6.14. The molecule has 0 aliphatic carbocycles. The van der Waals surface area contributed by atoms with Crippen molar-refractivity contribution in [1.82, 2.24) is 20.4 Å². The number of nitrogens with one attached hydrogen (secondary N) is 2. The number of rotatable bonds is 7. The molecule has 1 aromatic rings. The molecule has 0 atom stereocenters. The molecule has 1 amide bonds. The van der Waals surface area contributed by atoms with E-state index in [1.54, 1.807) is 0 Å². The van der Waals surface area contributed by atoms with Crippen LogP contribution in [0.25, 0.3) is 0 Å². The maximum absolute atomic E-state index is 12.2. The fourth-order valence-corrected chi connectivity index (χ4v) is 2.64. The van der Waals surface area contributed by atoms with Gasteiger partial charge >= 0.3 is 0 Å². The highest BCUT2D eigenvalue weighted by Crippen LogP contribution is 2.09. The van der Waals surface area contributed by atoms with Gasteiger partial charge in [0, 0.05) is 44.8 Å². The van der Waals surface area contributed by atoms with Crippen molar-refractivity contribution in [2.75, 3.05) is 53.4 Å². The van der Waals surface area contributed by atoms with Gasteiger partial charge in [0.25, 0.3) is 5.91 Å². The van der Waals surface area contributed by atoms with Crippen LogP contribution >= 0.6 is 0 Å². The van der Waals surface area contributed by atoms with E-state index < -0.39 is 0 Å². The molecule has 1 heterocycles. The lowest BCUT2D eigenvalue weighted by Gasteiger charge is -2.27. The summed E-state index contributed by atoms with van der Waals surface area (Å²) in [7, 11) is 4.09. The SMILES string of the molecule is CN(C)CCCNC(=O)c1cccc(CN2CCNCC2)c1. The van der Waals surface area contributed by atoms with E-state index in [2.05, 4.69) is 26.5 Å². The third-order valence-corrected chi connectivity index (χ3v) is 3.87. The van der Waals surface area contributed by atoms with Crippen molar-refractivity contribution in [3.05, 3.63) is 35.4 Å². The van der Waals surface area contributed by atoms with E-state index in [-0.39, 0.29) is 5.91 Å². The number of benzene rings is 1. The van der Waals surface area contributed by atoms with Crippen LogP contribution in [0.4, 0.5) is 0 Å². The summed E-state index contributed by atoms with van der Waals surface area (Å²) in [5, 5.41) is 6.35. The zero-order valence-electron chi connectivity index (χ0n) is 13.8. The molecule has 1 saturated heterocycles. The topological polar surface area (TPSA) is 47.6 Å². The predicted octanol–water partition coefficient (Wildman–Crippen LogP) is 0.773. The summed E-state index contributed by atoms with van der Waals surface area (Å²) in [4.78, 5) is 16.7. The third kappa shape index (κ3) is 5.75. The summed E-state index contributed by atoms with van der Waals surface area (Å²) >= 11 is 0. The molecule has 5 nitrogen and oxygen atoms in total. The number of amides is 1. The molecule has 0 radical (unpaired) electrons. The Morgan fingerprint density at radius 2 is 2.09 bits per heavy atom. The van der Waals surface area contributed by atoms with Crippen LogP contribution in [0, 0.1) is 0 Å². The molecule has 1 aromatic carbocycles. The first kappa shape index (κ1) is 16.9. The number of hydrogen-bond acceptors (Lipinski definition) is 4. The largest absolute Gasteiger partial charge is 0.352 e. The molecular formula is C17H28N4O. The first-order chi connectivity index (χ1) is 10.6. The summed E-state index contributed by atoms with van der Waals surface area (Å²) in [6.45, 7) is 6.87. The number of hydrogen-bond donors (Lipinski definition) is 2. The summed E-state index contributed by atoms with van der Waals surface area (Å²) in [6, 6.07) is 7.99. The quantitative estimate of drug-likeness (QED) is 0.731. The molecule has 0 unspecified atom stereocenters. The molecule has 1 fully saturated rings. The maximum atomic E-state index is 12.2. The smallest absolute Gasteiger partial charge is 0.251 e. The Balaban J connectivity index is 1.83. The standard InChI is InChI=1S/C17H28N4O/c1-20(2)10-4-7-19-17(22)16-6-3-5-15(13-16)14-21-11-8-18-9-12-21/h3,5-6,13,18H,4,7-12,14H2,1-2H3,(H,19,22). The summed E-state index contributed by atoms with van der Waals surface area (Å²) in [5.41, 5.74) is 1.97. The molecule has 1 aliphatic rings. The van der Waals surface area contributed by atoms with Crippen molar-refractivity contribution in [1.29, 1.82) is 0 Å². The van der Waals surface area contributed by atoms with Gasteiger partial charge in [-0.2, -0.15) is 0 Å². The van der Waals surface area contributed by atoms with Crippen molar-refractivity contribution in [3.63, 3.8) is 0 Å². The van der Waals surface area contributed by atoms with Crippen LogP contribution in [0.15, 0.2) is 24.3 Å². The summed E-state index contributed by atoms with van der Waals surface area (Å²) in [6.07, 6.45) is 0.971. The molecular weight excluding hydrogens is 276 g/mol. The number of carbonyl (C=O) groups excluding carboxylic acids is 1. The average molecular weight is 304 g/mol. The van der Waals surface area contributed by atoms with Gasteiger partial charge in [0.15, 0.2) is 0 Å². The second kappa shape index (κ2) is 8.88. The van der Waals surface area contributed by atoms with Gasteiger partial charge in [0.05, 0.1) is 0 Å². The van der Waals surface area contributed by atoms with Gasteiger partial charge in [-0.3, -0.25) is 9.69 Å². The summed E-state index contributed by atoms with van der Waals surface area (Å²) < 4.78 is 0. The molecule has 2 rings (SSSR count). The maximum Gasteiger partial charge on any atom is 0.251 e. The van der Waals surface area contributed by atoms with Crippen molar-refractivity contribution >= 4 is 5.91 Å². The second-order valence-corrected chi connectivity index (χ2v) is 6.14. The first-order valence-electron chi connectivity index (χ1n) is 8.10. The lowest BCUT2D eigenvalue weighted by Crippen LogP contribution is -2.42. The van der Waals surface area contributed by atoms with Gasteiger partial charge in [-0.05, 0) is 44.8 Å². The van der Waals surface area contributed by atoms with Gasteiger partial charge in [-0.15, -0.1) is 0 Å². The van der Waals surface area contributed by atoms with Crippen LogP contribution in [0.2, 0.25) is 0 Å². The van der Waals surface area contributed by atoms with E-state index in [4.69, 9.17) is 0 Å². The fraction of sp³-hybridized carbons (Fsp3) is 0.588. The van der Waals surface area contributed by atoms with Crippen molar-refractivity contribution in [2.45, 2.75) is 13.0 Å². The number of piperazine rings is 1. The molecule has 0 bridgehead atoms. The zero-order valence-corrected chi connectivity index (χ0v) is 13.8. The first-order valence-corrected chi connectivity index (χ1v) is 8.10. The van der Waals surface area contributed by atoms with Gasteiger partial charge in [0.1, 0.15) is 0 Å². The normalized spacial score (nSPS) is 16.0. The summed E-state index contributed by atoms with van der Waals surface area (Å²) in [5.74, 6) is 0.0286. The predicted molar refractivity (Wildman–Crippen MR) is 90.1 cm³/mol. The Labute approximate surface area is 133 Å². The third-order valence-electron chi connectivity index (χ3n) is 3.87. The Hall–Kier alpha value is -1.43. The van der Waals surface area contributed by atoms with Crippen molar-refractivity contribution < 1.29 is 4.79 Å². The highest BCUT2D eigenvalue weighted by atomic mass is 16.1. The van der Waals surface area contributed by atoms with Crippen LogP contribution in [0.3, 0.4) is 0 Å². The molecule has 0 spiro atoms. The highest BCUT2D eigenvalue weighted by molar-refractivity contribution is 5.94. The van der Waals surface area contributed by atoms with E-state index in [1.165, 1.54) is 5.56 Å². The number of nitrogens with zero attached hydrogens (tertiary/aromatic N) is 2. The highest BCUT2D eigenvalue weighted by Gasteiger charge is 2.11. The van der Waals surface area contributed by atoms with Crippen LogP contribution in [-0.4, -0.2) is 69.1 Å². The monoisotopic (exact) mass is 304 g/mol. The zero-order chi connectivity index (χ0) is 15.8. The Bertz CT molecular complexity index is 469. The van der Waals surface area contributed by atoms with E-state index in [0.29, 0.717) is 0 Å². The molecule has 0 aromatic heterocycles. The van der Waals surface area contributed by atoms with Crippen molar-refractivity contribution in [2.24, 2.45) is 0 Å². The van der Waals surface area contributed by atoms with E-state index in [1.807, 2.05) is 32.3 Å². The molecule has 1 aliphatic heterocycles. The van der Waals surface area contributed by atoms with Gasteiger partial charge < -0.3 is 15.5 Å². The van der Waals surface area contributed by atoms with Crippen LogP contribution < -0.4 is 10.6 Å². The molecule has 5 heteroatoms. The molecule has 2 N–H and O–H groups in total. The van der Waals surface area contributed by atoms with Gasteiger partial charge in [-0.1, -0.05) is 12.1 Å². The lowest BCUT2D eigenvalue weighted by atomic mass is 10.1. The minimum absolute atomic E-state index is 0.0286. The molecule has 0 saturated carbocycles. The average Bonchev–Trinajstić information content (AvgIpc) is 2.52. The van der Waals surface area contributed by atoms with Crippen LogP contribution in [0.5, 0.6) is 0 Å². The Kier molecular flexibility index (Phi) is 6.83. The molecule has 22 heavy (non-hydrogen) atoms.